The van der Waals surface area contributed by atoms with Crippen molar-refractivity contribution < 1.29 is 13.2 Å². The van der Waals surface area contributed by atoms with Gasteiger partial charge in [-0.3, -0.25) is 4.90 Å². The van der Waals surface area contributed by atoms with Gasteiger partial charge in [0.1, 0.15) is 11.5 Å². The third kappa shape index (κ3) is 2.56. The van der Waals surface area contributed by atoms with Crippen LogP contribution >= 0.6 is 0 Å². The molecule has 1 heterocycles. The van der Waals surface area contributed by atoms with Crippen LogP contribution in [-0.2, 0) is 0 Å². The molecule has 0 radical (unpaired) electrons. The number of hydrogen-bond acceptors (Lipinski definition) is 2. The Hall–Kier alpha value is -1.23. The van der Waals surface area contributed by atoms with E-state index in [2.05, 4.69) is 17.1 Å². The summed E-state index contributed by atoms with van der Waals surface area (Å²) in [5, 5.41) is 2.89. The fraction of sp³-hybridized carbons (Fsp3) is 0.571. The van der Waals surface area contributed by atoms with Gasteiger partial charge < -0.3 is 5.32 Å². The topological polar surface area (TPSA) is 15.3 Å². The smallest absolute Gasteiger partial charge is 0.152 e. The highest BCUT2D eigenvalue weighted by molar-refractivity contribution is 5.47. The second-order valence-corrected chi connectivity index (χ2v) is 5.60. The van der Waals surface area contributed by atoms with Gasteiger partial charge in [-0.2, -0.15) is 0 Å². The van der Waals surface area contributed by atoms with Gasteiger partial charge in [0.15, 0.2) is 11.6 Å². The highest BCUT2D eigenvalue weighted by atomic mass is 19.1. The summed E-state index contributed by atoms with van der Waals surface area (Å²) in [7, 11) is 0. The lowest BCUT2D eigenvalue weighted by Gasteiger charge is -2.20. The maximum absolute atomic E-state index is 13.6. The SMILES string of the molecule is CC1CC(Nc2c(F)cc(F)cc2F)CN1C1CC1. The Morgan fingerprint density at radius 3 is 2.37 bits per heavy atom. The minimum atomic E-state index is -0.889. The lowest BCUT2D eigenvalue weighted by atomic mass is 10.1. The van der Waals surface area contributed by atoms with Crippen molar-refractivity contribution in [1.29, 1.82) is 0 Å². The second kappa shape index (κ2) is 4.71. The van der Waals surface area contributed by atoms with E-state index in [1.54, 1.807) is 0 Å². The van der Waals surface area contributed by atoms with Crippen LogP contribution < -0.4 is 5.32 Å². The molecule has 0 spiro atoms. The van der Waals surface area contributed by atoms with Crippen LogP contribution in [0.4, 0.5) is 18.9 Å². The molecule has 19 heavy (non-hydrogen) atoms. The Kier molecular flexibility index (Phi) is 3.17. The van der Waals surface area contributed by atoms with E-state index in [1.807, 2.05) is 0 Å². The third-order valence-corrected chi connectivity index (χ3v) is 3.99. The first-order valence-electron chi connectivity index (χ1n) is 6.71. The molecule has 2 unspecified atom stereocenters. The average Bonchev–Trinajstić information content (AvgIpc) is 3.09. The Morgan fingerprint density at radius 2 is 1.79 bits per heavy atom. The zero-order valence-corrected chi connectivity index (χ0v) is 10.8. The van der Waals surface area contributed by atoms with Gasteiger partial charge in [0, 0.05) is 36.8 Å². The van der Waals surface area contributed by atoms with Crippen molar-refractivity contribution in [1.82, 2.24) is 4.90 Å². The van der Waals surface area contributed by atoms with Gasteiger partial charge in [-0.1, -0.05) is 0 Å². The fourth-order valence-corrected chi connectivity index (χ4v) is 2.96. The lowest BCUT2D eigenvalue weighted by molar-refractivity contribution is 0.257. The number of nitrogens with one attached hydrogen (secondary N) is 1. The third-order valence-electron chi connectivity index (χ3n) is 3.99. The summed E-state index contributed by atoms with van der Waals surface area (Å²) in [4.78, 5) is 2.39. The standard InChI is InChI=1S/C14H17F3N2/c1-8-4-10(7-19(8)11-2-3-11)18-14-12(16)5-9(15)6-13(14)17/h5-6,8,10-11,18H,2-4,7H2,1H3. The van der Waals surface area contributed by atoms with E-state index >= 15 is 0 Å². The van der Waals surface area contributed by atoms with Crippen molar-refractivity contribution in [2.45, 2.75) is 44.3 Å². The van der Waals surface area contributed by atoms with Gasteiger partial charge in [0.25, 0.3) is 0 Å². The number of rotatable bonds is 3. The molecule has 1 aliphatic heterocycles. The van der Waals surface area contributed by atoms with Crippen LogP contribution in [0, 0.1) is 17.5 Å². The highest BCUT2D eigenvalue weighted by Gasteiger charge is 2.39. The first-order chi connectivity index (χ1) is 9.04. The van der Waals surface area contributed by atoms with Gasteiger partial charge in [0.2, 0.25) is 0 Å². The predicted octanol–water partition coefficient (Wildman–Crippen LogP) is 3.14. The molecule has 2 nitrogen and oxygen atoms in total. The molecule has 2 aliphatic rings. The summed E-state index contributed by atoms with van der Waals surface area (Å²) >= 11 is 0. The largest absolute Gasteiger partial charge is 0.376 e. The van der Waals surface area contributed by atoms with Crippen molar-refractivity contribution in [2.24, 2.45) is 0 Å². The second-order valence-electron chi connectivity index (χ2n) is 5.60. The molecule has 104 valence electrons. The Labute approximate surface area is 110 Å². The molecular formula is C14H17F3N2. The number of anilines is 1. The van der Waals surface area contributed by atoms with Crippen molar-refractivity contribution in [3.63, 3.8) is 0 Å². The average molecular weight is 270 g/mol. The molecule has 1 aliphatic carbocycles. The molecule has 1 saturated carbocycles. The summed E-state index contributed by atoms with van der Waals surface area (Å²) in [6.45, 7) is 2.93. The van der Waals surface area contributed by atoms with Gasteiger partial charge in [-0.25, -0.2) is 13.2 Å². The molecule has 2 fully saturated rings. The van der Waals surface area contributed by atoms with Gasteiger partial charge in [-0.05, 0) is 26.2 Å². The van der Waals surface area contributed by atoms with Crippen LogP contribution in [0.25, 0.3) is 0 Å². The molecule has 1 aromatic rings. The molecule has 3 rings (SSSR count). The summed E-state index contributed by atoms with van der Waals surface area (Å²) < 4.78 is 40.0. The fourth-order valence-electron chi connectivity index (χ4n) is 2.96. The molecule has 1 N–H and O–H groups in total. The molecule has 0 aromatic heterocycles. The summed E-state index contributed by atoms with van der Waals surface area (Å²) in [6, 6.07) is 2.51. The number of likely N-dealkylation sites (tertiary alicyclic amines) is 1. The first kappa shape index (κ1) is 12.8. The lowest BCUT2D eigenvalue weighted by Crippen LogP contribution is -2.31. The summed E-state index contributed by atoms with van der Waals surface area (Å²) in [6.07, 6.45) is 3.29. The monoisotopic (exact) mass is 270 g/mol. The Morgan fingerprint density at radius 1 is 1.16 bits per heavy atom. The number of benzene rings is 1. The van der Waals surface area contributed by atoms with E-state index in [0.29, 0.717) is 24.2 Å². The van der Waals surface area contributed by atoms with E-state index < -0.39 is 17.5 Å². The quantitative estimate of drug-likeness (QED) is 0.907. The van der Waals surface area contributed by atoms with E-state index in [1.165, 1.54) is 12.8 Å². The highest BCUT2D eigenvalue weighted by Crippen LogP contribution is 2.34. The molecule has 1 aromatic carbocycles. The van der Waals surface area contributed by atoms with Crippen LogP contribution in [0.2, 0.25) is 0 Å². The molecule has 2 atom stereocenters. The molecule has 0 amide bonds. The van der Waals surface area contributed by atoms with E-state index in [-0.39, 0.29) is 11.7 Å². The van der Waals surface area contributed by atoms with Crippen LogP contribution in [0.15, 0.2) is 12.1 Å². The van der Waals surface area contributed by atoms with Crippen LogP contribution in [-0.4, -0.2) is 29.6 Å². The van der Waals surface area contributed by atoms with E-state index in [9.17, 15) is 13.2 Å². The summed E-state index contributed by atoms with van der Waals surface area (Å²) in [5.41, 5.74) is -0.212. The van der Waals surface area contributed by atoms with Crippen LogP contribution in [0.1, 0.15) is 26.2 Å². The Balaban J connectivity index is 1.72. The molecule has 0 bridgehead atoms. The maximum atomic E-state index is 13.6. The van der Waals surface area contributed by atoms with Crippen LogP contribution in [0.3, 0.4) is 0 Å². The van der Waals surface area contributed by atoms with Gasteiger partial charge in [0.05, 0.1) is 0 Å². The van der Waals surface area contributed by atoms with E-state index in [0.717, 1.165) is 13.0 Å². The van der Waals surface area contributed by atoms with Gasteiger partial charge >= 0.3 is 0 Å². The van der Waals surface area contributed by atoms with Crippen molar-refractivity contribution in [3.8, 4) is 0 Å². The van der Waals surface area contributed by atoms with E-state index in [4.69, 9.17) is 0 Å². The molecular weight excluding hydrogens is 253 g/mol. The minimum absolute atomic E-state index is 0.0186. The molecule has 1 saturated heterocycles. The first-order valence-corrected chi connectivity index (χ1v) is 6.71. The maximum Gasteiger partial charge on any atom is 0.152 e. The van der Waals surface area contributed by atoms with Crippen molar-refractivity contribution >= 4 is 5.69 Å². The number of hydrogen-bond donors (Lipinski definition) is 1. The number of nitrogens with zero attached hydrogens (tertiary/aromatic N) is 1. The summed E-state index contributed by atoms with van der Waals surface area (Å²) in [5.74, 6) is -2.62. The van der Waals surface area contributed by atoms with Crippen molar-refractivity contribution in [3.05, 3.63) is 29.6 Å². The van der Waals surface area contributed by atoms with Gasteiger partial charge in [-0.15, -0.1) is 0 Å². The Bertz CT molecular complexity index is 465. The van der Waals surface area contributed by atoms with Crippen molar-refractivity contribution in [2.75, 3.05) is 11.9 Å². The predicted molar refractivity (Wildman–Crippen MR) is 67.5 cm³/mol. The zero-order chi connectivity index (χ0) is 13.6. The normalized spacial score (nSPS) is 27.8. The number of halogens is 3. The molecule has 5 heteroatoms. The minimum Gasteiger partial charge on any atom is -0.376 e. The van der Waals surface area contributed by atoms with Crippen LogP contribution in [0.5, 0.6) is 0 Å². The zero-order valence-electron chi connectivity index (χ0n) is 10.8.